The van der Waals surface area contributed by atoms with Gasteiger partial charge in [-0.2, -0.15) is 0 Å². The number of rotatable bonds is 3. The molecule has 0 bridgehead atoms. The second-order valence-electron chi connectivity index (χ2n) is 4.78. The van der Waals surface area contributed by atoms with Crippen molar-refractivity contribution in [1.82, 2.24) is 19.9 Å². The van der Waals surface area contributed by atoms with Crippen LogP contribution in [0.4, 0.5) is 0 Å². The minimum Gasteiger partial charge on any atom is -0.314 e. The summed E-state index contributed by atoms with van der Waals surface area (Å²) in [7, 11) is 1.97. The van der Waals surface area contributed by atoms with Gasteiger partial charge in [0.2, 0.25) is 0 Å². The van der Waals surface area contributed by atoms with E-state index < -0.39 is 0 Å². The first-order valence-electron chi connectivity index (χ1n) is 6.37. The number of nitrogens with one attached hydrogen (secondary N) is 1. The highest BCUT2D eigenvalue weighted by atomic mass is 15.3. The van der Waals surface area contributed by atoms with E-state index in [1.807, 2.05) is 13.1 Å². The van der Waals surface area contributed by atoms with Gasteiger partial charge in [0.15, 0.2) is 5.65 Å². The molecule has 0 unspecified atom stereocenters. The van der Waals surface area contributed by atoms with Gasteiger partial charge in [0.25, 0.3) is 0 Å². The zero-order chi connectivity index (χ0) is 11.7. The Morgan fingerprint density at radius 2 is 2.12 bits per heavy atom. The van der Waals surface area contributed by atoms with E-state index in [2.05, 4.69) is 32.0 Å². The Hall–Kier alpha value is -1.42. The van der Waals surface area contributed by atoms with E-state index in [9.17, 15) is 0 Å². The van der Waals surface area contributed by atoms with Crippen LogP contribution in [0.25, 0.3) is 5.65 Å². The van der Waals surface area contributed by atoms with Gasteiger partial charge < -0.3 is 5.32 Å². The third-order valence-electron chi connectivity index (χ3n) is 3.61. The number of aromatic nitrogens is 3. The fraction of sp³-hybridized carbons (Fsp3) is 0.538. The fourth-order valence-electron chi connectivity index (χ4n) is 2.80. The minimum atomic E-state index is 0.600. The molecule has 4 nitrogen and oxygen atoms in total. The monoisotopic (exact) mass is 230 g/mol. The maximum absolute atomic E-state index is 4.41. The number of nitrogens with zero attached hydrogens (tertiary/aromatic N) is 3. The van der Waals surface area contributed by atoms with Gasteiger partial charge in [0, 0.05) is 18.2 Å². The Balaban J connectivity index is 2.11. The average molecular weight is 230 g/mol. The van der Waals surface area contributed by atoms with Crippen LogP contribution >= 0.6 is 0 Å². The van der Waals surface area contributed by atoms with Crippen LogP contribution in [0, 0.1) is 0 Å². The zero-order valence-electron chi connectivity index (χ0n) is 10.2. The lowest BCUT2D eigenvalue weighted by atomic mass is 10.1. The third-order valence-corrected chi connectivity index (χ3v) is 3.61. The van der Waals surface area contributed by atoms with Gasteiger partial charge in [-0.3, -0.25) is 4.40 Å². The summed E-state index contributed by atoms with van der Waals surface area (Å²) in [5.74, 6) is 1.76. The predicted octanol–water partition coefficient (Wildman–Crippen LogP) is 2.11. The molecule has 17 heavy (non-hydrogen) atoms. The van der Waals surface area contributed by atoms with Gasteiger partial charge in [-0.1, -0.05) is 18.9 Å². The number of hydrogen-bond acceptors (Lipinski definition) is 3. The molecule has 0 saturated heterocycles. The Kier molecular flexibility index (Phi) is 2.81. The quantitative estimate of drug-likeness (QED) is 0.878. The molecule has 1 aliphatic carbocycles. The smallest absolute Gasteiger partial charge is 0.161 e. The summed E-state index contributed by atoms with van der Waals surface area (Å²) < 4.78 is 2.23. The second kappa shape index (κ2) is 4.45. The lowest BCUT2D eigenvalue weighted by Gasteiger charge is -2.10. The molecule has 1 fully saturated rings. The molecule has 0 amide bonds. The second-order valence-corrected chi connectivity index (χ2v) is 4.78. The van der Waals surface area contributed by atoms with E-state index in [0.29, 0.717) is 5.92 Å². The van der Waals surface area contributed by atoms with Gasteiger partial charge in [0.1, 0.15) is 5.82 Å². The molecule has 0 aliphatic heterocycles. The molecule has 2 aromatic heterocycles. The van der Waals surface area contributed by atoms with Gasteiger partial charge in [-0.05, 0) is 32.0 Å². The van der Waals surface area contributed by atoms with Crippen LogP contribution < -0.4 is 5.32 Å². The molecule has 90 valence electrons. The Bertz CT molecular complexity index is 511. The molecule has 1 saturated carbocycles. The average Bonchev–Trinajstić information content (AvgIpc) is 2.98. The molecule has 2 aromatic rings. The van der Waals surface area contributed by atoms with Gasteiger partial charge in [0.05, 0.1) is 0 Å². The van der Waals surface area contributed by atoms with Crippen molar-refractivity contribution >= 4 is 5.65 Å². The maximum atomic E-state index is 4.41. The standard InChI is InChI=1S/C13H18N4/c1-14-9-11-7-4-8-12-15-16-13(17(11)12)10-5-2-3-6-10/h4,7-8,10,14H,2-3,5-6,9H2,1H3. The van der Waals surface area contributed by atoms with Crippen molar-refractivity contribution in [3.05, 3.63) is 29.7 Å². The molecule has 0 spiro atoms. The topological polar surface area (TPSA) is 42.2 Å². The lowest BCUT2D eigenvalue weighted by Crippen LogP contribution is -2.12. The predicted molar refractivity (Wildman–Crippen MR) is 67.0 cm³/mol. The maximum Gasteiger partial charge on any atom is 0.161 e. The van der Waals surface area contributed by atoms with Crippen LogP contribution in [-0.4, -0.2) is 21.6 Å². The number of pyridine rings is 1. The zero-order valence-corrected chi connectivity index (χ0v) is 10.2. The Labute approximate surface area is 101 Å². The molecule has 1 aliphatic rings. The van der Waals surface area contributed by atoms with E-state index in [4.69, 9.17) is 0 Å². The van der Waals surface area contributed by atoms with Gasteiger partial charge in [-0.15, -0.1) is 10.2 Å². The molecule has 0 radical (unpaired) electrons. The molecule has 4 heteroatoms. The molecule has 2 heterocycles. The summed E-state index contributed by atoms with van der Waals surface area (Å²) in [6, 6.07) is 6.23. The van der Waals surface area contributed by atoms with Gasteiger partial charge >= 0.3 is 0 Å². The van der Waals surface area contributed by atoms with Crippen LogP contribution in [0.2, 0.25) is 0 Å². The van der Waals surface area contributed by atoms with Crippen molar-refractivity contribution in [1.29, 1.82) is 0 Å². The molecular weight excluding hydrogens is 212 g/mol. The first kappa shape index (κ1) is 10.7. The molecule has 0 aromatic carbocycles. The van der Waals surface area contributed by atoms with Crippen LogP contribution in [0.15, 0.2) is 18.2 Å². The van der Waals surface area contributed by atoms with E-state index in [1.54, 1.807) is 0 Å². The lowest BCUT2D eigenvalue weighted by molar-refractivity contribution is 0.645. The van der Waals surface area contributed by atoms with Gasteiger partial charge in [-0.25, -0.2) is 0 Å². The number of fused-ring (bicyclic) bond motifs is 1. The summed E-state index contributed by atoms with van der Waals surface area (Å²) >= 11 is 0. The van der Waals surface area contributed by atoms with E-state index >= 15 is 0 Å². The summed E-state index contributed by atoms with van der Waals surface area (Å²) in [5, 5.41) is 11.9. The van der Waals surface area contributed by atoms with E-state index in [-0.39, 0.29) is 0 Å². The van der Waals surface area contributed by atoms with Crippen molar-refractivity contribution in [2.75, 3.05) is 7.05 Å². The minimum absolute atomic E-state index is 0.600. The summed E-state index contributed by atoms with van der Waals surface area (Å²) in [5.41, 5.74) is 2.22. The highest BCUT2D eigenvalue weighted by molar-refractivity contribution is 5.40. The normalized spacial score (nSPS) is 17.0. The van der Waals surface area contributed by atoms with Crippen LogP contribution in [0.3, 0.4) is 0 Å². The van der Waals surface area contributed by atoms with Crippen LogP contribution in [-0.2, 0) is 6.54 Å². The first-order valence-corrected chi connectivity index (χ1v) is 6.37. The Morgan fingerprint density at radius 3 is 2.88 bits per heavy atom. The van der Waals surface area contributed by atoms with Crippen molar-refractivity contribution in [3.63, 3.8) is 0 Å². The van der Waals surface area contributed by atoms with Crippen molar-refractivity contribution in [3.8, 4) is 0 Å². The SMILES string of the molecule is CNCc1cccc2nnc(C3CCCC3)n12. The first-order chi connectivity index (χ1) is 8.40. The van der Waals surface area contributed by atoms with Crippen LogP contribution in [0.1, 0.15) is 43.1 Å². The van der Waals surface area contributed by atoms with Crippen molar-refractivity contribution < 1.29 is 0 Å². The molecule has 0 atom stereocenters. The largest absolute Gasteiger partial charge is 0.314 e. The van der Waals surface area contributed by atoms with E-state index in [0.717, 1.165) is 18.0 Å². The highest BCUT2D eigenvalue weighted by Crippen LogP contribution is 2.33. The number of hydrogen-bond donors (Lipinski definition) is 1. The fourth-order valence-corrected chi connectivity index (χ4v) is 2.80. The summed E-state index contributed by atoms with van der Waals surface area (Å²) in [4.78, 5) is 0. The molecular formula is C13H18N4. The molecule has 1 N–H and O–H groups in total. The van der Waals surface area contributed by atoms with Crippen molar-refractivity contribution in [2.45, 2.75) is 38.1 Å². The summed E-state index contributed by atoms with van der Waals surface area (Å²) in [6.07, 6.45) is 5.17. The highest BCUT2D eigenvalue weighted by Gasteiger charge is 2.22. The third kappa shape index (κ3) is 1.82. The van der Waals surface area contributed by atoms with Crippen LogP contribution in [0.5, 0.6) is 0 Å². The Morgan fingerprint density at radius 1 is 1.29 bits per heavy atom. The van der Waals surface area contributed by atoms with E-state index in [1.165, 1.54) is 31.4 Å². The van der Waals surface area contributed by atoms with Crippen molar-refractivity contribution in [2.24, 2.45) is 0 Å². The molecule has 3 rings (SSSR count). The summed E-state index contributed by atoms with van der Waals surface area (Å²) in [6.45, 7) is 0.856.